The predicted octanol–water partition coefficient (Wildman–Crippen LogP) is 0.516. The molecule has 86 valence electrons. The van der Waals surface area contributed by atoms with Gasteiger partial charge in [0.05, 0.1) is 6.54 Å². The lowest BCUT2D eigenvalue weighted by Gasteiger charge is -2.11. The standard InChI is InChI=1S/C11H13NO4/c1-16-9(11(14)15)7-12-10(13)8-5-3-2-4-6-8/h2-6,9H,7H2,1H3,(H,12,13)(H,14,15). The van der Waals surface area contributed by atoms with Crippen LogP contribution in [0, 0.1) is 0 Å². The van der Waals surface area contributed by atoms with Crippen LogP contribution in [0.2, 0.25) is 0 Å². The van der Waals surface area contributed by atoms with E-state index in [2.05, 4.69) is 10.1 Å². The summed E-state index contributed by atoms with van der Waals surface area (Å²) < 4.78 is 4.68. The highest BCUT2D eigenvalue weighted by Gasteiger charge is 2.17. The Morgan fingerprint density at radius 3 is 2.50 bits per heavy atom. The number of nitrogens with one attached hydrogen (secondary N) is 1. The summed E-state index contributed by atoms with van der Waals surface area (Å²) in [5, 5.41) is 11.2. The van der Waals surface area contributed by atoms with E-state index in [1.54, 1.807) is 30.3 Å². The molecule has 1 aromatic rings. The quantitative estimate of drug-likeness (QED) is 0.762. The highest BCUT2D eigenvalue weighted by atomic mass is 16.5. The number of methoxy groups -OCH3 is 1. The van der Waals surface area contributed by atoms with Crippen molar-refractivity contribution in [2.24, 2.45) is 0 Å². The molecule has 1 aromatic carbocycles. The Morgan fingerprint density at radius 2 is 2.00 bits per heavy atom. The Labute approximate surface area is 93.0 Å². The lowest BCUT2D eigenvalue weighted by Crippen LogP contribution is -2.37. The van der Waals surface area contributed by atoms with Gasteiger partial charge in [0.1, 0.15) is 0 Å². The van der Waals surface area contributed by atoms with E-state index in [1.165, 1.54) is 7.11 Å². The van der Waals surface area contributed by atoms with Crippen molar-refractivity contribution in [2.75, 3.05) is 13.7 Å². The van der Waals surface area contributed by atoms with Gasteiger partial charge in [0.25, 0.3) is 5.91 Å². The summed E-state index contributed by atoms with van der Waals surface area (Å²) >= 11 is 0. The minimum absolute atomic E-state index is 0.0560. The molecule has 0 aromatic heterocycles. The number of carboxylic acid groups (broad SMARTS) is 1. The first-order valence-corrected chi connectivity index (χ1v) is 4.74. The molecule has 0 saturated heterocycles. The van der Waals surface area contributed by atoms with Crippen molar-refractivity contribution in [1.82, 2.24) is 5.32 Å². The summed E-state index contributed by atoms with van der Waals surface area (Å²) in [6.07, 6.45) is -1.02. The molecule has 0 aliphatic carbocycles. The zero-order valence-electron chi connectivity index (χ0n) is 8.84. The zero-order chi connectivity index (χ0) is 12.0. The Morgan fingerprint density at radius 1 is 1.38 bits per heavy atom. The van der Waals surface area contributed by atoms with Crippen LogP contribution in [-0.2, 0) is 9.53 Å². The number of carboxylic acids is 1. The smallest absolute Gasteiger partial charge is 0.334 e. The first-order valence-electron chi connectivity index (χ1n) is 4.74. The molecule has 1 atom stereocenters. The molecule has 5 nitrogen and oxygen atoms in total. The Balaban J connectivity index is 2.50. The maximum Gasteiger partial charge on any atom is 0.334 e. The van der Waals surface area contributed by atoms with E-state index in [9.17, 15) is 9.59 Å². The van der Waals surface area contributed by atoms with E-state index >= 15 is 0 Å². The van der Waals surface area contributed by atoms with E-state index in [1.807, 2.05) is 0 Å². The van der Waals surface area contributed by atoms with Gasteiger partial charge in [-0.25, -0.2) is 4.79 Å². The number of rotatable bonds is 5. The van der Waals surface area contributed by atoms with Gasteiger partial charge in [-0.05, 0) is 12.1 Å². The van der Waals surface area contributed by atoms with Crippen LogP contribution in [0.25, 0.3) is 0 Å². The van der Waals surface area contributed by atoms with Gasteiger partial charge < -0.3 is 15.2 Å². The van der Waals surface area contributed by atoms with Crippen LogP contribution in [-0.4, -0.2) is 36.7 Å². The first kappa shape index (κ1) is 12.2. The normalized spacial score (nSPS) is 11.8. The summed E-state index contributed by atoms with van der Waals surface area (Å²) in [5.74, 6) is -1.42. The molecule has 5 heteroatoms. The minimum Gasteiger partial charge on any atom is -0.479 e. The number of amides is 1. The largest absolute Gasteiger partial charge is 0.479 e. The fourth-order valence-electron chi connectivity index (χ4n) is 1.15. The van der Waals surface area contributed by atoms with E-state index < -0.39 is 12.1 Å². The highest BCUT2D eigenvalue weighted by Crippen LogP contribution is 1.98. The molecule has 16 heavy (non-hydrogen) atoms. The third kappa shape index (κ3) is 3.36. The summed E-state index contributed by atoms with van der Waals surface area (Å²) in [6, 6.07) is 8.57. The van der Waals surface area contributed by atoms with E-state index in [0.717, 1.165) is 0 Å². The lowest BCUT2D eigenvalue weighted by molar-refractivity contribution is -0.148. The molecular weight excluding hydrogens is 210 g/mol. The number of benzene rings is 1. The van der Waals surface area contributed by atoms with Gasteiger partial charge in [0, 0.05) is 12.7 Å². The fraction of sp³-hybridized carbons (Fsp3) is 0.273. The summed E-state index contributed by atoms with van der Waals surface area (Å²) in [7, 11) is 1.29. The molecular formula is C11H13NO4. The van der Waals surface area contributed by atoms with Crippen molar-refractivity contribution < 1.29 is 19.4 Å². The molecule has 0 spiro atoms. The van der Waals surface area contributed by atoms with Gasteiger partial charge >= 0.3 is 5.97 Å². The molecule has 0 saturated carbocycles. The maximum atomic E-state index is 11.5. The van der Waals surface area contributed by atoms with Crippen LogP contribution in [0.15, 0.2) is 30.3 Å². The van der Waals surface area contributed by atoms with Crippen molar-refractivity contribution in [3.8, 4) is 0 Å². The van der Waals surface area contributed by atoms with E-state index in [4.69, 9.17) is 5.11 Å². The third-order valence-corrected chi connectivity index (χ3v) is 2.04. The highest BCUT2D eigenvalue weighted by molar-refractivity contribution is 5.94. The number of hydrogen-bond donors (Lipinski definition) is 2. The van der Waals surface area contributed by atoms with Crippen LogP contribution in [0.1, 0.15) is 10.4 Å². The van der Waals surface area contributed by atoms with Gasteiger partial charge in [-0.2, -0.15) is 0 Å². The molecule has 1 unspecified atom stereocenters. The number of carbonyl (C=O) groups excluding carboxylic acids is 1. The molecule has 0 bridgehead atoms. The second kappa shape index (κ2) is 5.87. The van der Waals surface area contributed by atoms with Gasteiger partial charge in [0.15, 0.2) is 6.10 Å². The van der Waals surface area contributed by atoms with Gasteiger partial charge in [-0.3, -0.25) is 4.79 Å². The molecule has 0 fully saturated rings. The Kier molecular flexibility index (Phi) is 4.47. The van der Waals surface area contributed by atoms with Crippen molar-refractivity contribution in [3.05, 3.63) is 35.9 Å². The first-order chi connectivity index (χ1) is 7.65. The van der Waals surface area contributed by atoms with E-state index in [-0.39, 0.29) is 12.5 Å². The topological polar surface area (TPSA) is 75.6 Å². The van der Waals surface area contributed by atoms with Crippen molar-refractivity contribution >= 4 is 11.9 Å². The van der Waals surface area contributed by atoms with Gasteiger partial charge in [-0.15, -0.1) is 0 Å². The minimum atomic E-state index is -1.10. The number of hydrogen-bond acceptors (Lipinski definition) is 3. The fourth-order valence-corrected chi connectivity index (χ4v) is 1.15. The Bertz CT molecular complexity index is 364. The maximum absolute atomic E-state index is 11.5. The van der Waals surface area contributed by atoms with Crippen molar-refractivity contribution in [2.45, 2.75) is 6.10 Å². The van der Waals surface area contributed by atoms with Crippen LogP contribution >= 0.6 is 0 Å². The average Bonchev–Trinajstić information content (AvgIpc) is 2.30. The van der Waals surface area contributed by atoms with E-state index in [0.29, 0.717) is 5.56 Å². The molecule has 1 rings (SSSR count). The molecule has 0 heterocycles. The molecule has 1 amide bonds. The number of ether oxygens (including phenoxy) is 1. The SMILES string of the molecule is COC(CNC(=O)c1ccccc1)C(=O)O. The number of aliphatic carboxylic acids is 1. The second-order valence-electron chi connectivity index (χ2n) is 3.14. The monoisotopic (exact) mass is 223 g/mol. The van der Waals surface area contributed by atoms with Crippen molar-refractivity contribution in [1.29, 1.82) is 0 Å². The predicted molar refractivity (Wildman–Crippen MR) is 57.2 cm³/mol. The summed E-state index contributed by atoms with van der Waals surface area (Å²) in [5.41, 5.74) is 0.489. The molecule has 0 aliphatic rings. The average molecular weight is 223 g/mol. The van der Waals surface area contributed by atoms with Crippen LogP contribution in [0.5, 0.6) is 0 Å². The van der Waals surface area contributed by atoms with Gasteiger partial charge in [-0.1, -0.05) is 18.2 Å². The van der Waals surface area contributed by atoms with Gasteiger partial charge in [0.2, 0.25) is 0 Å². The summed E-state index contributed by atoms with van der Waals surface area (Å²) in [6.45, 7) is -0.0560. The van der Waals surface area contributed by atoms with Crippen LogP contribution in [0.3, 0.4) is 0 Å². The molecule has 0 radical (unpaired) electrons. The third-order valence-electron chi connectivity index (χ3n) is 2.04. The molecule has 0 aliphatic heterocycles. The molecule has 2 N–H and O–H groups in total. The van der Waals surface area contributed by atoms with Crippen molar-refractivity contribution in [3.63, 3.8) is 0 Å². The van der Waals surface area contributed by atoms with Crippen LogP contribution in [0.4, 0.5) is 0 Å². The van der Waals surface area contributed by atoms with Crippen LogP contribution < -0.4 is 5.32 Å². The number of carbonyl (C=O) groups is 2. The Hall–Kier alpha value is -1.88. The summed E-state index contributed by atoms with van der Waals surface area (Å²) in [4.78, 5) is 22.1. The second-order valence-corrected chi connectivity index (χ2v) is 3.14. The zero-order valence-corrected chi connectivity index (χ0v) is 8.84. The lowest BCUT2D eigenvalue weighted by atomic mass is 10.2.